The summed E-state index contributed by atoms with van der Waals surface area (Å²) in [7, 11) is 0. The van der Waals surface area contributed by atoms with Crippen LogP contribution in [0.25, 0.3) is 11.3 Å². The first-order valence-electron chi connectivity index (χ1n) is 5.06. The van der Waals surface area contributed by atoms with Crippen LogP contribution in [0, 0.1) is 17.0 Å². The van der Waals surface area contributed by atoms with Gasteiger partial charge in [-0.2, -0.15) is 0 Å². The molecule has 0 aliphatic rings. The van der Waals surface area contributed by atoms with Crippen molar-refractivity contribution in [2.24, 2.45) is 0 Å². The van der Waals surface area contributed by atoms with E-state index in [1.165, 1.54) is 12.1 Å². The first-order chi connectivity index (χ1) is 8.47. The summed E-state index contributed by atoms with van der Waals surface area (Å²) in [6.07, 6.45) is 0. The molecule has 0 bridgehead atoms. The zero-order valence-electron chi connectivity index (χ0n) is 9.39. The first kappa shape index (κ1) is 11.8. The molecule has 7 nitrogen and oxygen atoms in total. The lowest BCUT2D eigenvalue weighted by Gasteiger charge is -2.02. The molecule has 0 spiro atoms. The van der Waals surface area contributed by atoms with Gasteiger partial charge in [-0.3, -0.25) is 19.9 Å². The standard InChI is InChI=1S/C11H9N3O4/c1-6-2-3-7(4-9(6)14(17)18)8-5-10(15)13-11(16)12-8/h2-5H,1H3,(H2,12,13,15,16). The number of nitro groups is 1. The molecule has 2 aromatic rings. The summed E-state index contributed by atoms with van der Waals surface area (Å²) in [4.78, 5) is 37.0. The molecule has 0 unspecified atom stereocenters. The van der Waals surface area contributed by atoms with Crippen LogP contribution < -0.4 is 11.2 Å². The van der Waals surface area contributed by atoms with Gasteiger partial charge in [-0.25, -0.2) is 4.79 Å². The Morgan fingerprint density at radius 3 is 2.50 bits per heavy atom. The predicted molar refractivity (Wildman–Crippen MR) is 64.5 cm³/mol. The van der Waals surface area contributed by atoms with E-state index in [4.69, 9.17) is 0 Å². The van der Waals surface area contributed by atoms with Crippen LogP contribution in [-0.2, 0) is 0 Å². The molecule has 0 saturated heterocycles. The van der Waals surface area contributed by atoms with Crippen molar-refractivity contribution >= 4 is 5.69 Å². The lowest BCUT2D eigenvalue weighted by Crippen LogP contribution is -2.21. The second-order valence-electron chi connectivity index (χ2n) is 3.76. The highest BCUT2D eigenvalue weighted by atomic mass is 16.6. The predicted octanol–water partition coefficient (Wildman–Crippen LogP) is 0.947. The Balaban J connectivity index is 2.64. The SMILES string of the molecule is Cc1ccc(-c2cc(=O)[nH]c(=O)[nH]2)cc1[N+](=O)[O-]. The maximum Gasteiger partial charge on any atom is 0.326 e. The van der Waals surface area contributed by atoms with Crippen molar-refractivity contribution in [3.05, 3.63) is 60.8 Å². The summed E-state index contributed by atoms with van der Waals surface area (Å²) in [6, 6.07) is 5.66. The number of hydrogen-bond acceptors (Lipinski definition) is 4. The molecule has 1 aromatic heterocycles. The molecule has 92 valence electrons. The van der Waals surface area contributed by atoms with Gasteiger partial charge in [-0.1, -0.05) is 12.1 Å². The summed E-state index contributed by atoms with van der Waals surface area (Å²) in [5.41, 5.74) is -0.107. The molecule has 18 heavy (non-hydrogen) atoms. The summed E-state index contributed by atoms with van der Waals surface area (Å²) >= 11 is 0. The van der Waals surface area contributed by atoms with Crippen LogP contribution in [0.4, 0.5) is 5.69 Å². The number of benzene rings is 1. The largest absolute Gasteiger partial charge is 0.326 e. The van der Waals surface area contributed by atoms with Crippen molar-refractivity contribution in [1.82, 2.24) is 9.97 Å². The highest BCUT2D eigenvalue weighted by Gasteiger charge is 2.12. The van der Waals surface area contributed by atoms with E-state index in [9.17, 15) is 19.7 Å². The van der Waals surface area contributed by atoms with Crippen molar-refractivity contribution in [2.45, 2.75) is 6.92 Å². The molecule has 2 N–H and O–H groups in total. The smallest absolute Gasteiger partial charge is 0.307 e. The van der Waals surface area contributed by atoms with Gasteiger partial charge in [-0.15, -0.1) is 0 Å². The molecule has 1 heterocycles. The molecule has 2 rings (SSSR count). The molecule has 0 aliphatic heterocycles. The van der Waals surface area contributed by atoms with E-state index < -0.39 is 16.2 Å². The molecule has 0 saturated carbocycles. The molecular weight excluding hydrogens is 238 g/mol. The van der Waals surface area contributed by atoms with Crippen LogP contribution in [0.3, 0.4) is 0 Å². The van der Waals surface area contributed by atoms with Gasteiger partial charge in [0.2, 0.25) is 0 Å². The van der Waals surface area contributed by atoms with Crippen molar-refractivity contribution < 1.29 is 4.92 Å². The molecule has 7 heteroatoms. The van der Waals surface area contributed by atoms with Crippen LogP contribution in [0.2, 0.25) is 0 Å². The molecular formula is C11H9N3O4. The minimum absolute atomic E-state index is 0.0615. The minimum Gasteiger partial charge on any atom is -0.307 e. The number of H-pyrrole nitrogens is 2. The Morgan fingerprint density at radius 2 is 1.89 bits per heavy atom. The van der Waals surface area contributed by atoms with E-state index in [0.29, 0.717) is 11.1 Å². The number of rotatable bonds is 2. The molecule has 0 aliphatic carbocycles. The maximum absolute atomic E-state index is 11.2. The zero-order valence-corrected chi connectivity index (χ0v) is 9.39. The molecule has 0 atom stereocenters. The second kappa shape index (κ2) is 4.28. The number of nitro benzene ring substituents is 1. The van der Waals surface area contributed by atoms with Crippen LogP contribution in [0.15, 0.2) is 33.9 Å². The number of nitrogens with one attached hydrogen (secondary N) is 2. The van der Waals surface area contributed by atoms with Crippen molar-refractivity contribution in [1.29, 1.82) is 0 Å². The van der Waals surface area contributed by atoms with E-state index in [2.05, 4.69) is 4.98 Å². The summed E-state index contributed by atoms with van der Waals surface area (Å²) in [5.74, 6) is 0. The lowest BCUT2D eigenvalue weighted by atomic mass is 10.1. The van der Waals surface area contributed by atoms with E-state index >= 15 is 0 Å². The fourth-order valence-electron chi connectivity index (χ4n) is 1.60. The lowest BCUT2D eigenvalue weighted by molar-refractivity contribution is -0.385. The Kier molecular flexibility index (Phi) is 2.80. The summed E-state index contributed by atoms with van der Waals surface area (Å²) in [6.45, 7) is 1.61. The number of aryl methyl sites for hydroxylation is 1. The van der Waals surface area contributed by atoms with Crippen molar-refractivity contribution in [3.63, 3.8) is 0 Å². The molecule has 0 amide bonds. The number of aromatic amines is 2. The van der Waals surface area contributed by atoms with Crippen LogP contribution in [0.1, 0.15) is 5.56 Å². The van der Waals surface area contributed by atoms with Gasteiger partial charge < -0.3 is 4.98 Å². The normalized spacial score (nSPS) is 10.3. The maximum atomic E-state index is 11.2. The number of aromatic nitrogens is 2. The van der Waals surface area contributed by atoms with Gasteiger partial charge in [0.25, 0.3) is 11.2 Å². The monoisotopic (exact) mass is 247 g/mol. The number of hydrogen-bond donors (Lipinski definition) is 2. The molecule has 1 aromatic carbocycles. The van der Waals surface area contributed by atoms with Crippen LogP contribution in [-0.4, -0.2) is 14.9 Å². The fourth-order valence-corrected chi connectivity index (χ4v) is 1.60. The molecule has 0 radical (unpaired) electrons. The van der Waals surface area contributed by atoms with Crippen LogP contribution in [0.5, 0.6) is 0 Å². The van der Waals surface area contributed by atoms with Crippen molar-refractivity contribution in [2.75, 3.05) is 0 Å². The van der Waals surface area contributed by atoms with E-state index in [1.54, 1.807) is 19.1 Å². The highest BCUT2D eigenvalue weighted by molar-refractivity contribution is 5.63. The molecule has 0 fully saturated rings. The third-order valence-corrected chi connectivity index (χ3v) is 2.48. The Morgan fingerprint density at radius 1 is 1.17 bits per heavy atom. The van der Waals surface area contributed by atoms with Gasteiger partial charge in [-0.05, 0) is 6.92 Å². The average molecular weight is 247 g/mol. The average Bonchev–Trinajstić information content (AvgIpc) is 2.27. The first-order valence-corrected chi connectivity index (χ1v) is 5.06. The van der Waals surface area contributed by atoms with E-state index in [1.807, 2.05) is 4.98 Å². The second-order valence-corrected chi connectivity index (χ2v) is 3.76. The Hall–Kier alpha value is -2.70. The van der Waals surface area contributed by atoms with E-state index in [-0.39, 0.29) is 11.4 Å². The summed E-state index contributed by atoms with van der Waals surface area (Å²) < 4.78 is 0. The highest BCUT2D eigenvalue weighted by Crippen LogP contribution is 2.24. The van der Waals surface area contributed by atoms with Gasteiger partial charge in [0.05, 0.1) is 10.6 Å². The number of nitrogens with zero attached hydrogens (tertiary/aromatic N) is 1. The Bertz CT molecular complexity index is 701. The van der Waals surface area contributed by atoms with Gasteiger partial charge in [0.1, 0.15) is 0 Å². The van der Waals surface area contributed by atoms with Gasteiger partial charge >= 0.3 is 5.69 Å². The quantitative estimate of drug-likeness (QED) is 0.608. The Labute approximate surface area is 100 Å². The minimum atomic E-state index is -0.652. The van der Waals surface area contributed by atoms with Crippen LogP contribution >= 0.6 is 0 Å². The summed E-state index contributed by atoms with van der Waals surface area (Å²) in [5, 5.41) is 10.8. The van der Waals surface area contributed by atoms with Gasteiger partial charge in [0, 0.05) is 23.3 Å². The third-order valence-electron chi connectivity index (χ3n) is 2.48. The topological polar surface area (TPSA) is 109 Å². The van der Waals surface area contributed by atoms with E-state index in [0.717, 1.165) is 0 Å². The van der Waals surface area contributed by atoms with Gasteiger partial charge in [0.15, 0.2) is 0 Å². The fraction of sp³-hybridized carbons (Fsp3) is 0.0909. The van der Waals surface area contributed by atoms with Crippen molar-refractivity contribution in [3.8, 4) is 11.3 Å². The third kappa shape index (κ3) is 2.19. The zero-order chi connectivity index (χ0) is 13.3.